The van der Waals surface area contributed by atoms with Gasteiger partial charge in [-0.1, -0.05) is 0 Å². The number of benzene rings is 1. The summed E-state index contributed by atoms with van der Waals surface area (Å²) in [6, 6.07) is 5.40. The molecule has 22 heavy (non-hydrogen) atoms. The average molecular weight is 298 g/mol. The highest BCUT2D eigenvalue weighted by Crippen LogP contribution is 2.35. The molecule has 2 fully saturated rings. The van der Waals surface area contributed by atoms with Crippen molar-refractivity contribution in [2.24, 2.45) is 5.92 Å². The minimum absolute atomic E-state index is 0.0352. The van der Waals surface area contributed by atoms with Crippen LogP contribution >= 0.6 is 0 Å². The van der Waals surface area contributed by atoms with Gasteiger partial charge >= 0.3 is 0 Å². The fourth-order valence-electron chi connectivity index (χ4n) is 3.01. The third kappa shape index (κ3) is 2.39. The molecule has 1 saturated carbocycles. The van der Waals surface area contributed by atoms with Gasteiger partial charge in [0.1, 0.15) is 12.1 Å². The summed E-state index contributed by atoms with van der Waals surface area (Å²) >= 11 is 0. The van der Waals surface area contributed by atoms with Crippen LogP contribution in [0.5, 0.6) is 0 Å². The zero-order chi connectivity index (χ0) is 15.1. The molecule has 6 heteroatoms. The monoisotopic (exact) mass is 298 g/mol. The van der Waals surface area contributed by atoms with Gasteiger partial charge < -0.3 is 15.4 Å². The fourth-order valence-corrected chi connectivity index (χ4v) is 3.01. The van der Waals surface area contributed by atoms with Gasteiger partial charge in [-0.05, 0) is 37.0 Å². The predicted octanol–water partition coefficient (Wildman–Crippen LogP) is 1.46. The van der Waals surface area contributed by atoms with Crippen molar-refractivity contribution in [3.05, 3.63) is 30.1 Å². The molecule has 1 saturated heterocycles. The van der Waals surface area contributed by atoms with Crippen molar-refractivity contribution in [2.75, 3.05) is 25.4 Å². The number of fused-ring (bicyclic) bond motifs is 1. The number of hydrogen-bond acceptors (Lipinski definition) is 5. The Balaban J connectivity index is 1.59. The van der Waals surface area contributed by atoms with Crippen molar-refractivity contribution >= 4 is 22.6 Å². The van der Waals surface area contributed by atoms with Gasteiger partial charge in [-0.25, -0.2) is 9.97 Å². The molecule has 6 nitrogen and oxygen atoms in total. The van der Waals surface area contributed by atoms with Crippen LogP contribution in [0.2, 0.25) is 0 Å². The number of amides is 1. The largest absolute Gasteiger partial charge is 0.383 e. The zero-order valence-electron chi connectivity index (χ0n) is 12.2. The van der Waals surface area contributed by atoms with Gasteiger partial charge in [0.05, 0.1) is 18.2 Å². The lowest BCUT2D eigenvalue weighted by Crippen LogP contribution is -2.46. The van der Waals surface area contributed by atoms with E-state index in [-0.39, 0.29) is 12.0 Å². The SMILES string of the molecule is Nc1ncnc2cc(C(=O)N3CCOC(C4CC4)C3)ccc12. The Morgan fingerprint density at radius 1 is 1.32 bits per heavy atom. The molecule has 2 N–H and O–H groups in total. The maximum absolute atomic E-state index is 12.7. The molecular weight excluding hydrogens is 280 g/mol. The third-order valence-electron chi connectivity index (χ3n) is 4.44. The number of ether oxygens (including phenoxy) is 1. The molecule has 1 aliphatic carbocycles. The van der Waals surface area contributed by atoms with E-state index >= 15 is 0 Å². The Labute approximate surface area is 128 Å². The van der Waals surface area contributed by atoms with Crippen molar-refractivity contribution in [3.8, 4) is 0 Å². The highest BCUT2D eigenvalue weighted by molar-refractivity contribution is 5.99. The van der Waals surface area contributed by atoms with E-state index in [9.17, 15) is 4.79 Å². The Morgan fingerprint density at radius 3 is 3.00 bits per heavy atom. The number of nitrogen functional groups attached to an aromatic ring is 1. The molecule has 0 radical (unpaired) electrons. The Bertz CT molecular complexity index is 729. The zero-order valence-corrected chi connectivity index (χ0v) is 12.2. The summed E-state index contributed by atoms with van der Waals surface area (Å²) in [5.41, 5.74) is 7.16. The normalized spacial score (nSPS) is 22.0. The van der Waals surface area contributed by atoms with Crippen LogP contribution in [0.25, 0.3) is 10.9 Å². The first-order valence-corrected chi connectivity index (χ1v) is 7.63. The Hall–Kier alpha value is -2.21. The minimum Gasteiger partial charge on any atom is -0.383 e. The number of hydrogen-bond donors (Lipinski definition) is 1. The fraction of sp³-hybridized carbons (Fsp3) is 0.438. The molecule has 4 rings (SSSR count). The summed E-state index contributed by atoms with van der Waals surface area (Å²) < 4.78 is 5.77. The number of rotatable bonds is 2. The molecule has 1 aromatic heterocycles. The molecule has 1 aromatic carbocycles. The summed E-state index contributed by atoms with van der Waals surface area (Å²) in [6.45, 7) is 1.95. The first-order valence-electron chi connectivity index (χ1n) is 7.63. The lowest BCUT2D eigenvalue weighted by atomic mass is 10.1. The van der Waals surface area contributed by atoms with Gasteiger partial charge in [-0.15, -0.1) is 0 Å². The molecule has 1 atom stereocenters. The molecule has 2 aliphatic rings. The number of carbonyl (C=O) groups excluding carboxylic acids is 1. The lowest BCUT2D eigenvalue weighted by Gasteiger charge is -2.33. The highest BCUT2D eigenvalue weighted by atomic mass is 16.5. The molecule has 0 spiro atoms. The van der Waals surface area contributed by atoms with Gasteiger partial charge in [0.15, 0.2) is 0 Å². The van der Waals surface area contributed by atoms with Crippen LogP contribution in [0.3, 0.4) is 0 Å². The number of nitrogens with two attached hydrogens (primary N) is 1. The van der Waals surface area contributed by atoms with Crippen LogP contribution in [0.15, 0.2) is 24.5 Å². The van der Waals surface area contributed by atoms with Gasteiger partial charge in [-0.2, -0.15) is 0 Å². The lowest BCUT2D eigenvalue weighted by molar-refractivity contribution is -0.0313. The number of aromatic nitrogens is 2. The molecule has 1 amide bonds. The Morgan fingerprint density at radius 2 is 2.18 bits per heavy atom. The second-order valence-corrected chi connectivity index (χ2v) is 5.99. The van der Waals surface area contributed by atoms with Gasteiger partial charge in [0.25, 0.3) is 5.91 Å². The summed E-state index contributed by atoms with van der Waals surface area (Å²) in [7, 11) is 0. The smallest absolute Gasteiger partial charge is 0.254 e. The molecule has 0 bridgehead atoms. The summed E-state index contributed by atoms with van der Waals surface area (Å²) in [5, 5.41) is 0.775. The average Bonchev–Trinajstić information content (AvgIpc) is 3.39. The third-order valence-corrected chi connectivity index (χ3v) is 4.44. The van der Waals surface area contributed by atoms with Crippen molar-refractivity contribution in [1.82, 2.24) is 14.9 Å². The molecule has 114 valence electrons. The molecule has 2 heterocycles. The van der Waals surface area contributed by atoms with Crippen LogP contribution < -0.4 is 5.73 Å². The van der Waals surface area contributed by atoms with Crippen molar-refractivity contribution in [3.63, 3.8) is 0 Å². The topological polar surface area (TPSA) is 81.3 Å². The first kappa shape index (κ1) is 13.5. The standard InChI is InChI=1S/C16H18N4O2/c17-15-12-4-3-11(7-13(12)18-9-19-15)16(21)20-5-6-22-14(8-20)10-1-2-10/h3-4,7,9-10,14H,1-2,5-6,8H2,(H2,17,18,19). The molecule has 1 aliphatic heterocycles. The number of nitrogens with zero attached hydrogens (tertiary/aromatic N) is 3. The second kappa shape index (κ2) is 5.21. The van der Waals surface area contributed by atoms with Crippen LogP contribution in [-0.4, -0.2) is 46.6 Å². The van der Waals surface area contributed by atoms with E-state index in [1.807, 2.05) is 11.0 Å². The number of anilines is 1. The highest BCUT2D eigenvalue weighted by Gasteiger charge is 2.36. The van der Waals surface area contributed by atoms with E-state index in [0.717, 1.165) is 5.39 Å². The molecular formula is C16H18N4O2. The summed E-state index contributed by atoms with van der Waals surface area (Å²) in [5.74, 6) is 1.11. The Kier molecular flexibility index (Phi) is 3.18. The van der Waals surface area contributed by atoms with Gasteiger partial charge in [0.2, 0.25) is 0 Å². The van der Waals surface area contributed by atoms with Crippen molar-refractivity contribution < 1.29 is 9.53 Å². The number of morpholine rings is 1. The van der Waals surface area contributed by atoms with Crippen LogP contribution in [0.1, 0.15) is 23.2 Å². The second-order valence-electron chi connectivity index (χ2n) is 5.99. The van der Waals surface area contributed by atoms with E-state index in [4.69, 9.17) is 10.5 Å². The van der Waals surface area contributed by atoms with Crippen molar-refractivity contribution in [2.45, 2.75) is 18.9 Å². The van der Waals surface area contributed by atoms with E-state index in [1.54, 1.807) is 12.1 Å². The number of carbonyl (C=O) groups is 1. The van der Waals surface area contributed by atoms with Crippen LogP contribution in [0.4, 0.5) is 5.82 Å². The predicted molar refractivity (Wildman–Crippen MR) is 82.3 cm³/mol. The van der Waals surface area contributed by atoms with E-state index < -0.39 is 0 Å². The van der Waals surface area contributed by atoms with E-state index in [2.05, 4.69) is 9.97 Å². The van der Waals surface area contributed by atoms with E-state index in [1.165, 1.54) is 19.2 Å². The first-order chi connectivity index (χ1) is 10.7. The minimum atomic E-state index is 0.0352. The molecule has 1 unspecified atom stereocenters. The van der Waals surface area contributed by atoms with Gasteiger partial charge in [-0.3, -0.25) is 4.79 Å². The van der Waals surface area contributed by atoms with Crippen LogP contribution in [-0.2, 0) is 4.74 Å². The quantitative estimate of drug-likeness (QED) is 0.908. The summed E-state index contributed by atoms with van der Waals surface area (Å²) in [6.07, 6.45) is 4.07. The maximum atomic E-state index is 12.7. The maximum Gasteiger partial charge on any atom is 0.254 e. The molecule has 2 aromatic rings. The van der Waals surface area contributed by atoms with Crippen molar-refractivity contribution in [1.29, 1.82) is 0 Å². The van der Waals surface area contributed by atoms with Gasteiger partial charge in [0, 0.05) is 24.0 Å². The summed E-state index contributed by atoms with van der Waals surface area (Å²) in [4.78, 5) is 22.8. The van der Waals surface area contributed by atoms with Crippen LogP contribution in [0, 0.1) is 5.92 Å². The van der Waals surface area contributed by atoms with E-state index in [0.29, 0.717) is 42.5 Å².